The van der Waals surface area contributed by atoms with E-state index in [1.165, 1.54) is 37.9 Å². The van der Waals surface area contributed by atoms with E-state index in [-0.39, 0.29) is 5.82 Å². The molecule has 0 amide bonds. The molecule has 2 nitrogen and oxygen atoms in total. The van der Waals surface area contributed by atoms with Crippen LogP contribution in [0.2, 0.25) is 0 Å². The van der Waals surface area contributed by atoms with Gasteiger partial charge in [0.15, 0.2) is 0 Å². The maximum absolute atomic E-state index is 12.8. The maximum atomic E-state index is 12.8. The van der Waals surface area contributed by atoms with Gasteiger partial charge in [-0.25, -0.2) is 9.37 Å². The van der Waals surface area contributed by atoms with Crippen molar-refractivity contribution in [2.45, 2.75) is 38.6 Å². The highest BCUT2D eigenvalue weighted by molar-refractivity contribution is 5.35. The van der Waals surface area contributed by atoms with Gasteiger partial charge in [0.05, 0.1) is 6.20 Å². The van der Waals surface area contributed by atoms with E-state index in [0.29, 0.717) is 6.04 Å². The Morgan fingerprint density at radius 2 is 2.24 bits per heavy atom. The van der Waals surface area contributed by atoms with Crippen LogP contribution in [-0.4, -0.2) is 11.0 Å². The number of rotatable bonds is 3. The summed E-state index contributed by atoms with van der Waals surface area (Å²) in [5, 5.41) is 3.42. The Morgan fingerprint density at radius 1 is 1.35 bits per heavy atom. The van der Waals surface area contributed by atoms with E-state index in [0.717, 1.165) is 23.6 Å². The van der Waals surface area contributed by atoms with E-state index in [1.807, 2.05) is 0 Å². The summed E-state index contributed by atoms with van der Waals surface area (Å²) in [6.45, 7) is 2.23. The van der Waals surface area contributed by atoms with E-state index in [9.17, 15) is 4.39 Å². The summed E-state index contributed by atoms with van der Waals surface area (Å²) in [6, 6.07) is 3.63. The first-order chi connectivity index (χ1) is 8.22. The van der Waals surface area contributed by atoms with E-state index >= 15 is 0 Å². The third-order valence-corrected chi connectivity index (χ3v) is 4.54. The molecular weight excluding hydrogens is 215 g/mol. The normalized spacial score (nSPS) is 32.7. The van der Waals surface area contributed by atoms with Crippen LogP contribution in [0.15, 0.2) is 18.3 Å². The molecule has 3 rings (SSSR count). The lowest BCUT2D eigenvalue weighted by atomic mass is 9.84. The summed E-state index contributed by atoms with van der Waals surface area (Å²) in [4.78, 5) is 4.07. The van der Waals surface area contributed by atoms with Crippen molar-refractivity contribution < 1.29 is 4.39 Å². The molecule has 0 aromatic carbocycles. The minimum atomic E-state index is -0.275. The summed E-state index contributed by atoms with van der Waals surface area (Å²) in [5.41, 5.74) is 0. The molecule has 17 heavy (non-hydrogen) atoms. The number of halogens is 1. The summed E-state index contributed by atoms with van der Waals surface area (Å²) < 4.78 is 12.8. The molecule has 0 saturated heterocycles. The third kappa shape index (κ3) is 2.15. The van der Waals surface area contributed by atoms with Crippen LogP contribution in [0, 0.1) is 23.6 Å². The molecular formula is C14H19FN2. The Morgan fingerprint density at radius 3 is 2.82 bits per heavy atom. The molecule has 2 saturated carbocycles. The Hall–Kier alpha value is -1.12. The third-order valence-electron chi connectivity index (χ3n) is 4.54. The molecule has 4 unspecified atom stereocenters. The first kappa shape index (κ1) is 11.0. The highest BCUT2D eigenvalue weighted by Gasteiger charge is 2.41. The van der Waals surface area contributed by atoms with Crippen molar-refractivity contribution in [1.82, 2.24) is 4.98 Å². The first-order valence-corrected chi connectivity index (χ1v) is 6.60. The Balaban J connectivity index is 1.63. The van der Waals surface area contributed by atoms with Crippen molar-refractivity contribution in [3.63, 3.8) is 0 Å². The van der Waals surface area contributed by atoms with E-state index in [2.05, 4.69) is 17.2 Å². The second kappa shape index (κ2) is 4.28. The van der Waals surface area contributed by atoms with Gasteiger partial charge in [-0.1, -0.05) is 6.42 Å². The van der Waals surface area contributed by atoms with Crippen molar-refractivity contribution in [2.24, 2.45) is 17.8 Å². The van der Waals surface area contributed by atoms with Crippen molar-refractivity contribution >= 4 is 5.82 Å². The first-order valence-electron chi connectivity index (χ1n) is 6.60. The van der Waals surface area contributed by atoms with Crippen molar-refractivity contribution in [1.29, 1.82) is 0 Å². The van der Waals surface area contributed by atoms with Crippen molar-refractivity contribution in [3.8, 4) is 0 Å². The van der Waals surface area contributed by atoms with Gasteiger partial charge in [0, 0.05) is 6.04 Å². The number of nitrogens with zero attached hydrogens (tertiary/aromatic N) is 1. The Bertz CT molecular complexity index is 390. The molecule has 1 aromatic heterocycles. The SMILES string of the molecule is CC(Nc1ccc(F)cn1)C1CC2CCC1C2. The zero-order valence-corrected chi connectivity index (χ0v) is 10.2. The molecule has 0 radical (unpaired) electrons. The Labute approximate surface area is 102 Å². The number of anilines is 1. The lowest BCUT2D eigenvalue weighted by molar-refractivity contribution is 0.304. The molecule has 0 spiro atoms. The number of nitrogens with one attached hydrogen (secondary N) is 1. The highest BCUT2D eigenvalue weighted by atomic mass is 19.1. The number of hydrogen-bond donors (Lipinski definition) is 1. The lowest BCUT2D eigenvalue weighted by Crippen LogP contribution is -2.30. The van der Waals surface area contributed by atoms with Gasteiger partial charge in [0.2, 0.25) is 0 Å². The molecule has 2 bridgehead atoms. The predicted octanol–water partition coefficient (Wildman–Crippen LogP) is 3.46. The molecule has 92 valence electrons. The van der Waals surface area contributed by atoms with Gasteiger partial charge in [-0.15, -0.1) is 0 Å². The average molecular weight is 234 g/mol. The minimum Gasteiger partial charge on any atom is -0.367 e. The van der Waals surface area contributed by atoms with E-state index in [1.54, 1.807) is 6.07 Å². The standard InChI is InChI=1S/C14H19FN2/c1-9(13-7-10-2-3-11(13)6-10)17-14-5-4-12(15)8-16-14/h4-5,8-11,13H,2-3,6-7H2,1H3,(H,16,17). The predicted molar refractivity (Wildman–Crippen MR) is 66.2 cm³/mol. The lowest BCUT2D eigenvalue weighted by Gasteiger charge is -2.28. The summed E-state index contributed by atoms with van der Waals surface area (Å²) in [6.07, 6.45) is 6.89. The maximum Gasteiger partial charge on any atom is 0.141 e. The van der Waals surface area contributed by atoms with Gasteiger partial charge in [-0.2, -0.15) is 0 Å². The fourth-order valence-corrected chi connectivity index (χ4v) is 3.71. The quantitative estimate of drug-likeness (QED) is 0.866. The summed E-state index contributed by atoms with van der Waals surface area (Å²) in [5.74, 6) is 3.17. The van der Waals surface area contributed by atoms with Crippen LogP contribution in [0.5, 0.6) is 0 Å². The highest BCUT2D eigenvalue weighted by Crippen LogP contribution is 2.49. The molecule has 1 heterocycles. The van der Waals surface area contributed by atoms with Gasteiger partial charge >= 0.3 is 0 Å². The van der Waals surface area contributed by atoms with Crippen LogP contribution in [0.25, 0.3) is 0 Å². The van der Waals surface area contributed by atoms with Gasteiger partial charge < -0.3 is 5.32 Å². The molecule has 0 aliphatic heterocycles. The van der Waals surface area contributed by atoms with Crippen LogP contribution in [0.3, 0.4) is 0 Å². The smallest absolute Gasteiger partial charge is 0.141 e. The zero-order chi connectivity index (χ0) is 11.8. The molecule has 2 fully saturated rings. The van der Waals surface area contributed by atoms with Crippen LogP contribution in [-0.2, 0) is 0 Å². The second-order valence-corrected chi connectivity index (χ2v) is 5.63. The molecule has 1 aromatic rings. The fraction of sp³-hybridized carbons (Fsp3) is 0.643. The fourth-order valence-electron chi connectivity index (χ4n) is 3.71. The van der Waals surface area contributed by atoms with Crippen LogP contribution in [0.4, 0.5) is 10.2 Å². The molecule has 1 N–H and O–H groups in total. The van der Waals surface area contributed by atoms with Crippen LogP contribution >= 0.6 is 0 Å². The zero-order valence-electron chi connectivity index (χ0n) is 10.2. The van der Waals surface area contributed by atoms with Gasteiger partial charge in [-0.05, 0) is 56.1 Å². The number of pyridine rings is 1. The van der Waals surface area contributed by atoms with E-state index < -0.39 is 0 Å². The molecule has 3 heteroatoms. The topological polar surface area (TPSA) is 24.9 Å². The summed E-state index contributed by atoms with van der Waals surface area (Å²) in [7, 11) is 0. The molecule has 2 aliphatic carbocycles. The average Bonchev–Trinajstić information content (AvgIpc) is 2.94. The van der Waals surface area contributed by atoms with Crippen LogP contribution in [0.1, 0.15) is 32.6 Å². The van der Waals surface area contributed by atoms with Gasteiger partial charge in [0.1, 0.15) is 11.6 Å². The number of aromatic nitrogens is 1. The molecule has 4 atom stereocenters. The number of hydrogen-bond acceptors (Lipinski definition) is 2. The Kier molecular flexibility index (Phi) is 2.77. The molecule has 2 aliphatic rings. The van der Waals surface area contributed by atoms with Gasteiger partial charge in [0.25, 0.3) is 0 Å². The monoisotopic (exact) mass is 234 g/mol. The summed E-state index contributed by atoms with van der Waals surface area (Å²) >= 11 is 0. The van der Waals surface area contributed by atoms with Crippen LogP contribution < -0.4 is 5.32 Å². The van der Waals surface area contributed by atoms with Crippen molar-refractivity contribution in [2.75, 3.05) is 5.32 Å². The van der Waals surface area contributed by atoms with E-state index in [4.69, 9.17) is 0 Å². The number of fused-ring (bicyclic) bond motifs is 2. The van der Waals surface area contributed by atoms with Gasteiger partial charge in [-0.3, -0.25) is 0 Å². The largest absolute Gasteiger partial charge is 0.367 e. The second-order valence-electron chi connectivity index (χ2n) is 5.63. The van der Waals surface area contributed by atoms with Crippen molar-refractivity contribution in [3.05, 3.63) is 24.1 Å². The minimum absolute atomic E-state index is 0.275.